The summed E-state index contributed by atoms with van der Waals surface area (Å²) in [4.78, 5) is 10.9. The van der Waals surface area contributed by atoms with E-state index in [4.69, 9.17) is 5.11 Å². The van der Waals surface area contributed by atoms with E-state index in [1.807, 2.05) is 37.3 Å². The normalized spacial score (nSPS) is 12.1. The maximum absolute atomic E-state index is 10.9. The Balaban J connectivity index is 2.47. The maximum atomic E-state index is 10.9. The van der Waals surface area contributed by atoms with Gasteiger partial charge in [0.2, 0.25) is 0 Å². The number of benzene rings is 2. The molecule has 0 aliphatic heterocycles. The molecule has 0 saturated heterocycles. The molecule has 0 aliphatic carbocycles. The van der Waals surface area contributed by atoms with Crippen LogP contribution >= 0.6 is 0 Å². The van der Waals surface area contributed by atoms with E-state index in [9.17, 15) is 15.0 Å². The van der Waals surface area contributed by atoms with Gasteiger partial charge in [0.15, 0.2) is 0 Å². The fraction of sp³-hybridized carbons (Fsp3) is 0.133. The van der Waals surface area contributed by atoms with Gasteiger partial charge >= 0.3 is 5.97 Å². The molecule has 98 valence electrons. The van der Waals surface area contributed by atoms with E-state index in [2.05, 4.69) is 0 Å². The average molecular weight is 258 g/mol. The Kier molecular flexibility index (Phi) is 3.42. The van der Waals surface area contributed by atoms with Crippen molar-refractivity contribution in [1.82, 2.24) is 0 Å². The van der Waals surface area contributed by atoms with E-state index >= 15 is 0 Å². The van der Waals surface area contributed by atoms with E-state index in [0.29, 0.717) is 5.56 Å². The van der Waals surface area contributed by atoms with E-state index < -0.39 is 5.97 Å². The molecule has 0 amide bonds. The molecule has 0 heterocycles. The van der Waals surface area contributed by atoms with Crippen LogP contribution in [0.4, 0.5) is 0 Å². The summed E-state index contributed by atoms with van der Waals surface area (Å²) in [5.74, 6) is -1.89. The van der Waals surface area contributed by atoms with Gasteiger partial charge in [-0.1, -0.05) is 37.3 Å². The summed E-state index contributed by atoms with van der Waals surface area (Å²) in [5.41, 5.74) is 1.16. The molecule has 0 aromatic heterocycles. The number of hydrogen-bond donors (Lipinski definition) is 3. The number of phenols is 2. The van der Waals surface area contributed by atoms with E-state index in [1.165, 1.54) is 6.07 Å². The van der Waals surface area contributed by atoms with Gasteiger partial charge < -0.3 is 15.3 Å². The lowest BCUT2D eigenvalue weighted by atomic mass is 9.91. The van der Waals surface area contributed by atoms with Gasteiger partial charge in [-0.2, -0.15) is 0 Å². The van der Waals surface area contributed by atoms with Crippen LogP contribution in [0.3, 0.4) is 0 Å². The zero-order chi connectivity index (χ0) is 14.0. The molecule has 0 spiro atoms. The predicted octanol–water partition coefficient (Wildman–Crippen LogP) is 2.95. The van der Waals surface area contributed by atoms with Gasteiger partial charge in [0, 0.05) is 11.5 Å². The fourth-order valence-corrected chi connectivity index (χ4v) is 2.03. The predicted molar refractivity (Wildman–Crippen MR) is 70.7 cm³/mol. The SMILES string of the molecule is CC(c1ccccc1)c1cc(O)c(C(=O)O)cc1O. The van der Waals surface area contributed by atoms with Crippen molar-refractivity contribution in [2.45, 2.75) is 12.8 Å². The molecule has 2 aromatic rings. The third-order valence-corrected chi connectivity index (χ3v) is 3.14. The van der Waals surface area contributed by atoms with Crippen molar-refractivity contribution in [3.8, 4) is 11.5 Å². The summed E-state index contributed by atoms with van der Waals surface area (Å²) in [6.45, 7) is 1.88. The molecule has 4 heteroatoms. The molecular weight excluding hydrogens is 244 g/mol. The lowest BCUT2D eigenvalue weighted by Gasteiger charge is -2.15. The summed E-state index contributed by atoms with van der Waals surface area (Å²) in [6.07, 6.45) is 0. The van der Waals surface area contributed by atoms with Crippen molar-refractivity contribution in [2.75, 3.05) is 0 Å². The van der Waals surface area contributed by atoms with E-state index in [1.54, 1.807) is 0 Å². The molecule has 0 saturated carbocycles. The second kappa shape index (κ2) is 5.02. The molecule has 0 radical (unpaired) electrons. The van der Waals surface area contributed by atoms with Crippen LogP contribution in [0.15, 0.2) is 42.5 Å². The van der Waals surface area contributed by atoms with Crippen molar-refractivity contribution >= 4 is 5.97 Å². The smallest absolute Gasteiger partial charge is 0.339 e. The third-order valence-electron chi connectivity index (χ3n) is 3.14. The summed E-state index contributed by atoms with van der Waals surface area (Å²) in [5, 5.41) is 28.5. The van der Waals surface area contributed by atoms with Crippen molar-refractivity contribution in [3.63, 3.8) is 0 Å². The molecule has 3 N–H and O–H groups in total. The Morgan fingerprint density at radius 1 is 1.05 bits per heavy atom. The van der Waals surface area contributed by atoms with Crippen LogP contribution in [-0.2, 0) is 0 Å². The first-order valence-corrected chi connectivity index (χ1v) is 5.85. The van der Waals surface area contributed by atoms with Crippen LogP contribution in [0.1, 0.15) is 34.3 Å². The second-order valence-electron chi connectivity index (χ2n) is 4.37. The van der Waals surface area contributed by atoms with Gasteiger partial charge in [0.05, 0.1) is 0 Å². The maximum Gasteiger partial charge on any atom is 0.339 e. The van der Waals surface area contributed by atoms with Gasteiger partial charge in [-0.3, -0.25) is 0 Å². The molecule has 2 aromatic carbocycles. The van der Waals surface area contributed by atoms with Gasteiger partial charge in [-0.15, -0.1) is 0 Å². The standard InChI is InChI=1S/C15H14O4/c1-9(10-5-3-2-4-6-10)11-7-14(17)12(15(18)19)8-13(11)16/h2-9,16-17H,1H3,(H,18,19). The largest absolute Gasteiger partial charge is 0.508 e. The highest BCUT2D eigenvalue weighted by atomic mass is 16.4. The van der Waals surface area contributed by atoms with Gasteiger partial charge in [-0.25, -0.2) is 4.79 Å². The first-order valence-electron chi connectivity index (χ1n) is 5.85. The monoisotopic (exact) mass is 258 g/mol. The molecule has 1 atom stereocenters. The van der Waals surface area contributed by atoms with Crippen LogP contribution < -0.4 is 0 Å². The van der Waals surface area contributed by atoms with E-state index in [-0.39, 0.29) is 23.0 Å². The molecule has 0 fully saturated rings. The minimum atomic E-state index is -1.27. The number of phenolic OH excluding ortho intramolecular Hbond substituents is 1. The van der Waals surface area contributed by atoms with Crippen LogP contribution in [0, 0.1) is 0 Å². The van der Waals surface area contributed by atoms with E-state index in [0.717, 1.165) is 11.6 Å². The number of carboxylic acid groups (broad SMARTS) is 1. The Morgan fingerprint density at radius 2 is 1.68 bits per heavy atom. The topological polar surface area (TPSA) is 77.8 Å². The summed E-state index contributed by atoms with van der Waals surface area (Å²) < 4.78 is 0. The van der Waals surface area contributed by atoms with Gasteiger partial charge in [-0.05, 0) is 17.7 Å². The zero-order valence-corrected chi connectivity index (χ0v) is 10.4. The second-order valence-corrected chi connectivity index (χ2v) is 4.37. The number of aromatic carboxylic acids is 1. The van der Waals surface area contributed by atoms with Crippen molar-refractivity contribution in [3.05, 3.63) is 59.2 Å². The van der Waals surface area contributed by atoms with Crippen LogP contribution in [-0.4, -0.2) is 21.3 Å². The van der Waals surface area contributed by atoms with Crippen molar-refractivity contribution < 1.29 is 20.1 Å². The Bertz CT molecular complexity index is 605. The van der Waals surface area contributed by atoms with Crippen LogP contribution in [0.5, 0.6) is 11.5 Å². The van der Waals surface area contributed by atoms with Crippen LogP contribution in [0.25, 0.3) is 0 Å². The number of rotatable bonds is 3. The first-order chi connectivity index (χ1) is 9.00. The lowest BCUT2D eigenvalue weighted by molar-refractivity contribution is 0.0693. The Morgan fingerprint density at radius 3 is 2.26 bits per heavy atom. The first kappa shape index (κ1) is 13.0. The number of hydrogen-bond acceptors (Lipinski definition) is 3. The highest BCUT2D eigenvalue weighted by Crippen LogP contribution is 2.35. The van der Waals surface area contributed by atoms with Crippen LogP contribution in [0.2, 0.25) is 0 Å². The van der Waals surface area contributed by atoms with Gasteiger partial charge in [0.1, 0.15) is 17.1 Å². The van der Waals surface area contributed by atoms with Crippen molar-refractivity contribution in [2.24, 2.45) is 0 Å². The minimum Gasteiger partial charge on any atom is -0.508 e. The minimum absolute atomic E-state index is 0.133. The zero-order valence-electron chi connectivity index (χ0n) is 10.4. The Hall–Kier alpha value is -2.49. The quantitative estimate of drug-likeness (QED) is 0.740. The van der Waals surface area contributed by atoms with Crippen molar-refractivity contribution in [1.29, 1.82) is 0 Å². The molecule has 4 nitrogen and oxygen atoms in total. The van der Waals surface area contributed by atoms with Gasteiger partial charge in [0.25, 0.3) is 0 Å². The Labute approximate surface area is 110 Å². The molecular formula is C15H14O4. The third kappa shape index (κ3) is 2.52. The number of carboxylic acids is 1. The highest BCUT2D eigenvalue weighted by Gasteiger charge is 2.18. The summed E-state index contributed by atoms with van der Waals surface area (Å²) in [6, 6.07) is 11.9. The molecule has 2 rings (SSSR count). The summed E-state index contributed by atoms with van der Waals surface area (Å²) in [7, 11) is 0. The summed E-state index contributed by atoms with van der Waals surface area (Å²) >= 11 is 0. The fourth-order valence-electron chi connectivity index (χ4n) is 2.03. The molecule has 0 aliphatic rings. The molecule has 19 heavy (non-hydrogen) atoms. The number of carbonyl (C=O) groups is 1. The number of aromatic hydroxyl groups is 2. The molecule has 1 unspecified atom stereocenters. The highest BCUT2D eigenvalue weighted by molar-refractivity contribution is 5.91. The lowest BCUT2D eigenvalue weighted by Crippen LogP contribution is -2.01. The average Bonchev–Trinajstić information content (AvgIpc) is 2.41. The molecule has 0 bridgehead atoms.